The molecule has 23 heavy (non-hydrogen) atoms. The van der Waals surface area contributed by atoms with E-state index in [1.165, 1.54) is 0 Å². The number of nitrogens with one attached hydrogen (secondary N) is 1. The van der Waals surface area contributed by atoms with Gasteiger partial charge < -0.3 is 14.8 Å². The maximum Gasteiger partial charge on any atom is 0.391 e. The molecule has 0 spiro atoms. The first-order valence-corrected chi connectivity index (χ1v) is 8.21. The Morgan fingerprint density at radius 3 is 2.61 bits per heavy atom. The van der Waals surface area contributed by atoms with Gasteiger partial charge in [0.05, 0.1) is 19.1 Å². The molecule has 0 bridgehead atoms. The quantitative estimate of drug-likeness (QED) is 0.907. The highest BCUT2D eigenvalue weighted by molar-refractivity contribution is 5.43. The first-order chi connectivity index (χ1) is 11.0. The maximum absolute atomic E-state index is 12.8. The Labute approximate surface area is 134 Å². The molecule has 1 heterocycles. The molecule has 1 N–H and O–H groups in total. The van der Waals surface area contributed by atoms with Crippen LogP contribution in [-0.4, -0.2) is 25.4 Å². The van der Waals surface area contributed by atoms with Gasteiger partial charge in [-0.25, -0.2) is 0 Å². The first-order valence-electron chi connectivity index (χ1n) is 8.21. The Hall–Kier alpha value is -1.43. The number of alkyl halides is 3. The van der Waals surface area contributed by atoms with Gasteiger partial charge in [-0.3, -0.25) is 0 Å². The Balaban J connectivity index is 1.57. The zero-order valence-corrected chi connectivity index (χ0v) is 13.0. The highest BCUT2D eigenvalue weighted by Gasteiger charge is 2.41. The molecule has 1 fully saturated rings. The molecule has 2 atom stereocenters. The van der Waals surface area contributed by atoms with Gasteiger partial charge in [0, 0.05) is 19.0 Å². The molecule has 6 heteroatoms. The van der Waals surface area contributed by atoms with Crippen LogP contribution in [0.15, 0.2) is 18.2 Å². The average Bonchev–Trinajstić information content (AvgIpc) is 2.77. The van der Waals surface area contributed by atoms with Gasteiger partial charge in [-0.1, -0.05) is 12.5 Å². The van der Waals surface area contributed by atoms with Crippen molar-refractivity contribution in [1.82, 2.24) is 5.32 Å². The van der Waals surface area contributed by atoms with Crippen LogP contribution in [0.1, 0.15) is 37.7 Å². The normalized spacial score (nSPS) is 25.0. The number of halogens is 3. The second-order valence-corrected chi connectivity index (χ2v) is 6.31. The van der Waals surface area contributed by atoms with E-state index < -0.39 is 12.1 Å². The average molecular weight is 329 g/mol. The molecule has 128 valence electrons. The molecular weight excluding hydrogens is 307 g/mol. The zero-order valence-electron chi connectivity index (χ0n) is 13.0. The Kier molecular flexibility index (Phi) is 4.99. The van der Waals surface area contributed by atoms with Crippen LogP contribution >= 0.6 is 0 Å². The second kappa shape index (κ2) is 6.99. The van der Waals surface area contributed by atoms with Crippen LogP contribution in [0.5, 0.6) is 11.5 Å². The van der Waals surface area contributed by atoms with Crippen molar-refractivity contribution in [1.29, 1.82) is 0 Å². The van der Waals surface area contributed by atoms with Crippen LogP contribution < -0.4 is 14.8 Å². The van der Waals surface area contributed by atoms with Crippen molar-refractivity contribution in [3.63, 3.8) is 0 Å². The van der Waals surface area contributed by atoms with E-state index in [9.17, 15) is 13.2 Å². The minimum atomic E-state index is -4.07. The summed E-state index contributed by atoms with van der Waals surface area (Å²) in [6.07, 6.45) is -1.36. The molecule has 1 aliphatic carbocycles. The molecule has 0 radical (unpaired) electrons. The molecule has 2 unspecified atom stereocenters. The lowest BCUT2D eigenvalue weighted by atomic mass is 9.85. The van der Waals surface area contributed by atoms with E-state index in [0.717, 1.165) is 29.9 Å². The van der Waals surface area contributed by atoms with Crippen LogP contribution in [0.3, 0.4) is 0 Å². The van der Waals surface area contributed by atoms with Gasteiger partial charge in [-0.05, 0) is 37.0 Å². The SMILES string of the molecule is FC(F)(F)C1CCCC(NCc2ccc3c(c2)OCCCO3)C1. The fraction of sp³-hybridized carbons (Fsp3) is 0.647. The van der Waals surface area contributed by atoms with Gasteiger partial charge in [0.2, 0.25) is 0 Å². The molecule has 0 amide bonds. The highest BCUT2D eigenvalue weighted by Crippen LogP contribution is 2.37. The number of ether oxygens (including phenoxy) is 2. The van der Waals surface area contributed by atoms with Crippen LogP contribution in [-0.2, 0) is 6.54 Å². The topological polar surface area (TPSA) is 30.5 Å². The summed E-state index contributed by atoms with van der Waals surface area (Å²) < 4.78 is 49.8. The predicted molar refractivity (Wildman–Crippen MR) is 80.7 cm³/mol. The van der Waals surface area contributed by atoms with Gasteiger partial charge in [0.25, 0.3) is 0 Å². The van der Waals surface area contributed by atoms with Gasteiger partial charge in [-0.2, -0.15) is 13.2 Å². The van der Waals surface area contributed by atoms with Crippen LogP contribution in [0.4, 0.5) is 13.2 Å². The van der Waals surface area contributed by atoms with Crippen molar-refractivity contribution in [2.45, 2.75) is 50.9 Å². The van der Waals surface area contributed by atoms with Gasteiger partial charge >= 0.3 is 6.18 Å². The number of benzene rings is 1. The summed E-state index contributed by atoms with van der Waals surface area (Å²) in [6, 6.07) is 5.64. The standard InChI is InChI=1S/C17H22F3NO2/c18-17(19,20)13-3-1-4-14(10-13)21-11-12-5-6-15-16(9-12)23-8-2-7-22-15/h5-6,9,13-14,21H,1-4,7-8,10-11H2. The molecule has 0 saturated heterocycles. The lowest BCUT2D eigenvalue weighted by Gasteiger charge is -2.31. The van der Waals surface area contributed by atoms with Crippen molar-refractivity contribution in [3.8, 4) is 11.5 Å². The molecule has 1 saturated carbocycles. The smallest absolute Gasteiger partial charge is 0.391 e. The molecule has 3 rings (SSSR count). The summed E-state index contributed by atoms with van der Waals surface area (Å²) in [5.41, 5.74) is 1.00. The molecule has 0 aromatic heterocycles. The number of rotatable bonds is 3. The monoisotopic (exact) mass is 329 g/mol. The van der Waals surface area contributed by atoms with E-state index in [2.05, 4.69) is 5.32 Å². The number of hydrogen-bond donors (Lipinski definition) is 1. The fourth-order valence-electron chi connectivity index (χ4n) is 3.25. The van der Waals surface area contributed by atoms with Gasteiger partial charge in [-0.15, -0.1) is 0 Å². The van der Waals surface area contributed by atoms with E-state index in [1.54, 1.807) is 0 Å². The molecule has 1 aromatic rings. The van der Waals surface area contributed by atoms with Crippen LogP contribution in [0.25, 0.3) is 0 Å². The predicted octanol–water partition coefficient (Wildman–Crippen LogP) is 4.06. The Morgan fingerprint density at radius 1 is 1.04 bits per heavy atom. The third-order valence-corrected chi connectivity index (χ3v) is 4.54. The highest BCUT2D eigenvalue weighted by atomic mass is 19.4. The minimum Gasteiger partial charge on any atom is -0.490 e. The Morgan fingerprint density at radius 2 is 1.83 bits per heavy atom. The fourth-order valence-corrected chi connectivity index (χ4v) is 3.25. The van der Waals surface area contributed by atoms with E-state index >= 15 is 0 Å². The van der Waals surface area contributed by atoms with Gasteiger partial charge in [0.1, 0.15) is 0 Å². The zero-order chi connectivity index (χ0) is 16.3. The first kappa shape index (κ1) is 16.4. The number of hydrogen-bond acceptors (Lipinski definition) is 3. The van der Waals surface area contributed by atoms with E-state index in [0.29, 0.717) is 26.2 Å². The largest absolute Gasteiger partial charge is 0.490 e. The molecule has 1 aliphatic heterocycles. The lowest BCUT2D eigenvalue weighted by molar-refractivity contribution is -0.183. The van der Waals surface area contributed by atoms with Crippen molar-refractivity contribution >= 4 is 0 Å². The van der Waals surface area contributed by atoms with Crippen LogP contribution in [0.2, 0.25) is 0 Å². The van der Waals surface area contributed by atoms with Crippen molar-refractivity contribution < 1.29 is 22.6 Å². The molecule has 2 aliphatic rings. The van der Waals surface area contributed by atoms with E-state index in [-0.39, 0.29) is 18.9 Å². The second-order valence-electron chi connectivity index (χ2n) is 6.31. The van der Waals surface area contributed by atoms with Crippen molar-refractivity contribution in [2.75, 3.05) is 13.2 Å². The summed E-state index contributed by atoms with van der Waals surface area (Å²) in [5, 5.41) is 3.27. The molecule has 3 nitrogen and oxygen atoms in total. The summed E-state index contributed by atoms with van der Waals surface area (Å²) in [5.74, 6) is 0.289. The van der Waals surface area contributed by atoms with E-state index in [1.807, 2.05) is 18.2 Å². The van der Waals surface area contributed by atoms with E-state index in [4.69, 9.17) is 9.47 Å². The van der Waals surface area contributed by atoms with Gasteiger partial charge in [0.15, 0.2) is 11.5 Å². The molecule has 1 aromatic carbocycles. The third-order valence-electron chi connectivity index (χ3n) is 4.54. The maximum atomic E-state index is 12.8. The summed E-state index contributed by atoms with van der Waals surface area (Å²) >= 11 is 0. The third kappa shape index (κ3) is 4.31. The summed E-state index contributed by atoms with van der Waals surface area (Å²) in [6.45, 7) is 1.82. The number of fused-ring (bicyclic) bond motifs is 1. The lowest BCUT2D eigenvalue weighted by Crippen LogP contribution is -2.38. The van der Waals surface area contributed by atoms with Crippen LogP contribution in [0, 0.1) is 5.92 Å². The minimum absolute atomic E-state index is 0.0775. The molecular formula is C17H22F3NO2. The summed E-state index contributed by atoms with van der Waals surface area (Å²) in [7, 11) is 0. The van der Waals surface area contributed by atoms with Crippen molar-refractivity contribution in [3.05, 3.63) is 23.8 Å². The Bertz CT molecular complexity index is 533. The summed E-state index contributed by atoms with van der Waals surface area (Å²) in [4.78, 5) is 0. The van der Waals surface area contributed by atoms with Crippen molar-refractivity contribution in [2.24, 2.45) is 5.92 Å².